The Morgan fingerprint density at radius 2 is 1.18 bits per heavy atom. The molecule has 0 spiro atoms. The lowest BCUT2D eigenvalue weighted by Crippen LogP contribution is -2.60. The van der Waals surface area contributed by atoms with E-state index in [1.54, 1.807) is 0 Å². The largest absolute Gasteiger partial charge is 0.456 e. The molecule has 0 radical (unpaired) electrons. The van der Waals surface area contributed by atoms with Crippen molar-refractivity contribution in [3.8, 4) is 27.9 Å². The van der Waals surface area contributed by atoms with Crippen LogP contribution in [0.25, 0.3) is 82.5 Å². The smallest absolute Gasteiger partial charge is 0.333 e. The van der Waals surface area contributed by atoms with Gasteiger partial charge in [-0.2, -0.15) is 0 Å². The molecule has 0 aliphatic carbocycles. The summed E-state index contributed by atoms with van der Waals surface area (Å²) < 4.78 is 9.05. The summed E-state index contributed by atoms with van der Waals surface area (Å²) in [6.07, 6.45) is 0. The lowest BCUT2D eigenvalue weighted by Gasteiger charge is -2.42. The summed E-state index contributed by atoms with van der Waals surface area (Å²) in [5.41, 5.74) is 15.6. The topological polar surface area (TPSA) is 21.3 Å². The summed E-state index contributed by atoms with van der Waals surface area (Å²) in [6.45, 7) is -0.0105. The van der Waals surface area contributed by atoms with E-state index >= 15 is 0 Å². The van der Waals surface area contributed by atoms with Gasteiger partial charge >= 0.3 is 6.85 Å². The van der Waals surface area contributed by atoms with E-state index < -0.39 is 0 Å². The highest BCUT2D eigenvalue weighted by Crippen LogP contribution is 2.50. The number of aromatic nitrogens is 1. The van der Waals surface area contributed by atoms with Gasteiger partial charge in [0.25, 0.3) is 0 Å². The van der Waals surface area contributed by atoms with Crippen LogP contribution in [0.1, 0.15) is 0 Å². The van der Waals surface area contributed by atoms with Gasteiger partial charge in [-0.15, -0.1) is 0 Å². The van der Waals surface area contributed by atoms with Crippen molar-refractivity contribution in [2.24, 2.45) is 0 Å². The molecule has 2 aromatic heterocycles. The minimum absolute atomic E-state index is 0.0105. The summed E-state index contributed by atoms with van der Waals surface area (Å²) in [4.78, 5) is 2.57. The van der Waals surface area contributed by atoms with Gasteiger partial charge in [0.2, 0.25) is 0 Å². The molecule has 0 saturated heterocycles. The van der Waals surface area contributed by atoms with E-state index in [0.29, 0.717) is 0 Å². The maximum absolute atomic E-state index is 6.48. The lowest BCUT2D eigenvalue weighted by molar-refractivity contribution is 0.669. The van der Waals surface area contributed by atoms with Crippen molar-refractivity contribution in [1.29, 1.82) is 0 Å². The van der Waals surface area contributed by atoms with Crippen molar-refractivity contribution >= 4 is 83.7 Å². The Labute approximate surface area is 288 Å². The maximum atomic E-state index is 6.48. The SMILES string of the molecule is c1ccc(N2B3c4ccccc4-n4c5ccc6ccccc6c5c5c(-c6cccc7oc8ccccc8c67)cc(c3c54)-c3ccccc32)cc1. The molecule has 12 rings (SSSR count). The monoisotopic (exact) mass is 634 g/mol. The third-order valence-corrected chi connectivity index (χ3v) is 11.1. The number of hydrogen-bond acceptors (Lipinski definition) is 2. The molecule has 230 valence electrons. The molecule has 10 aromatic rings. The fourth-order valence-corrected chi connectivity index (χ4v) is 9.23. The molecular weight excluding hydrogens is 607 g/mol. The molecule has 2 aliphatic heterocycles. The van der Waals surface area contributed by atoms with Crippen LogP contribution in [0.4, 0.5) is 11.4 Å². The number of fused-ring (bicyclic) bond motifs is 13. The standard InChI is InChI=1S/C46H27BN2O/c1-2-14-29(15-3-1)49-37-21-9-6-17-31(37)35-27-34(32-19-12-24-41-42(32)33-18-7-11-23-40(33)50-41)44-43-30-16-5-4-13-28(30)25-26-39(43)48-38-22-10-8-20-36(38)47(49)45(35)46(44)48/h1-27H. The van der Waals surface area contributed by atoms with Crippen LogP contribution in [0, 0.1) is 0 Å². The second kappa shape index (κ2) is 9.55. The number of para-hydroxylation sites is 4. The van der Waals surface area contributed by atoms with Gasteiger partial charge in [-0.1, -0.05) is 115 Å². The molecule has 4 heterocycles. The molecule has 0 saturated carbocycles. The number of benzene rings is 8. The van der Waals surface area contributed by atoms with E-state index in [-0.39, 0.29) is 6.85 Å². The molecule has 8 aromatic carbocycles. The van der Waals surface area contributed by atoms with Crippen LogP contribution in [-0.4, -0.2) is 11.4 Å². The molecule has 0 amide bonds. The number of hydrogen-bond donors (Lipinski definition) is 0. The van der Waals surface area contributed by atoms with Crippen LogP contribution in [0.2, 0.25) is 0 Å². The van der Waals surface area contributed by atoms with Gasteiger partial charge in [-0.3, -0.25) is 0 Å². The highest BCUT2D eigenvalue weighted by molar-refractivity contribution is 6.93. The predicted molar refractivity (Wildman–Crippen MR) is 210 cm³/mol. The van der Waals surface area contributed by atoms with Gasteiger partial charge in [0.05, 0.1) is 11.0 Å². The zero-order valence-corrected chi connectivity index (χ0v) is 27.0. The third kappa shape index (κ3) is 3.26. The Kier molecular flexibility index (Phi) is 5.05. The Morgan fingerprint density at radius 3 is 2.10 bits per heavy atom. The van der Waals surface area contributed by atoms with Gasteiger partial charge in [0.1, 0.15) is 11.2 Å². The first-order valence-electron chi connectivity index (χ1n) is 17.3. The maximum Gasteiger partial charge on any atom is 0.333 e. The van der Waals surface area contributed by atoms with Crippen molar-refractivity contribution in [2.45, 2.75) is 0 Å². The van der Waals surface area contributed by atoms with Crippen LogP contribution < -0.4 is 15.7 Å². The van der Waals surface area contributed by atoms with Crippen molar-refractivity contribution in [3.05, 3.63) is 164 Å². The van der Waals surface area contributed by atoms with Crippen molar-refractivity contribution < 1.29 is 4.42 Å². The summed E-state index contributed by atoms with van der Waals surface area (Å²) in [7, 11) is 0. The number of anilines is 2. The van der Waals surface area contributed by atoms with E-state index in [0.717, 1.165) is 21.9 Å². The van der Waals surface area contributed by atoms with Gasteiger partial charge in [-0.25, -0.2) is 0 Å². The average Bonchev–Trinajstić information content (AvgIpc) is 3.74. The highest BCUT2D eigenvalue weighted by atomic mass is 16.3. The first-order valence-corrected chi connectivity index (χ1v) is 17.3. The van der Waals surface area contributed by atoms with Crippen molar-refractivity contribution in [2.75, 3.05) is 4.81 Å². The minimum atomic E-state index is -0.0105. The first kappa shape index (κ1) is 26.4. The van der Waals surface area contributed by atoms with Crippen LogP contribution in [0.15, 0.2) is 168 Å². The summed E-state index contributed by atoms with van der Waals surface area (Å²) in [5.74, 6) is 0. The molecule has 0 unspecified atom stereocenters. The molecule has 0 bridgehead atoms. The average molecular weight is 635 g/mol. The summed E-state index contributed by atoms with van der Waals surface area (Å²) >= 11 is 0. The number of nitrogens with zero attached hydrogens (tertiary/aromatic N) is 2. The Hall–Kier alpha value is -6.52. The van der Waals surface area contributed by atoms with Crippen LogP contribution in [-0.2, 0) is 0 Å². The minimum Gasteiger partial charge on any atom is -0.456 e. The third-order valence-electron chi connectivity index (χ3n) is 11.1. The fourth-order valence-electron chi connectivity index (χ4n) is 9.23. The fraction of sp³-hybridized carbons (Fsp3) is 0. The van der Waals surface area contributed by atoms with E-state index in [1.165, 1.54) is 82.8 Å². The van der Waals surface area contributed by atoms with E-state index in [9.17, 15) is 0 Å². The second-order valence-corrected chi connectivity index (χ2v) is 13.6. The van der Waals surface area contributed by atoms with Crippen LogP contribution >= 0.6 is 0 Å². The predicted octanol–water partition coefficient (Wildman–Crippen LogP) is 10.7. The molecule has 50 heavy (non-hydrogen) atoms. The van der Waals surface area contributed by atoms with E-state index in [2.05, 4.69) is 173 Å². The number of rotatable bonds is 2. The Morgan fingerprint density at radius 1 is 0.460 bits per heavy atom. The van der Waals surface area contributed by atoms with Crippen LogP contribution in [0.3, 0.4) is 0 Å². The number of furan rings is 1. The molecule has 2 aliphatic rings. The summed E-state index contributed by atoms with van der Waals surface area (Å²) in [6, 6.07) is 59.9. The molecule has 4 heteroatoms. The Bertz CT molecular complexity index is 3060. The highest BCUT2D eigenvalue weighted by Gasteiger charge is 2.44. The quantitative estimate of drug-likeness (QED) is 0.177. The lowest BCUT2D eigenvalue weighted by atomic mass is 9.44. The zero-order chi connectivity index (χ0) is 32.5. The van der Waals surface area contributed by atoms with Crippen molar-refractivity contribution in [1.82, 2.24) is 4.57 Å². The molecular formula is C46H27BN2O. The van der Waals surface area contributed by atoms with Crippen molar-refractivity contribution in [3.63, 3.8) is 0 Å². The normalized spacial score (nSPS) is 13.1. The van der Waals surface area contributed by atoms with Gasteiger partial charge in [0.15, 0.2) is 0 Å². The zero-order valence-electron chi connectivity index (χ0n) is 27.0. The summed E-state index contributed by atoms with van der Waals surface area (Å²) in [5, 5.41) is 7.40. The van der Waals surface area contributed by atoms with Gasteiger partial charge in [-0.05, 0) is 86.9 Å². The molecule has 0 N–H and O–H groups in total. The molecule has 3 nitrogen and oxygen atoms in total. The van der Waals surface area contributed by atoms with E-state index in [4.69, 9.17) is 4.42 Å². The van der Waals surface area contributed by atoms with Gasteiger partial charge in [0, 0.05) is 44.2 Å². The van der Waals surface area contributed by atoms with E-state index in [1.807, 2.05) is 0 Å². The van der Waals surface area contributed by atoms with Gasteiger partial charge < -0.3 is 13.8 Å². The molecule has 0 atom stereocenters. The van der Waals surface area contributed by atoms with Crippen LogP contribution in [0.5, 0.6) is 0 Å². The molecule has 0 fully saturated rings. The Balaban J connectivity index is 1.36. The second-order valence-electron chi connectivity index (χ2n) is 13.6. The first-order chi connectivity index (χ1) is 24.8.